The highest BCUT2D eigenvalue weighted by Gasteiger charge is 2.31. The van der Waals surface area contributed by atoms with Gasteiger partial charge in [-0.3, -0.25) is 14.4 Å². The summed E-state index contributed by atoms with van der Waals surface area (Å²) in [5.74, 6) is -2.95. The number of hydrogen-bond donors (Lipinski definition) is 5. The number of carboxylic acids is 1. The van der Waals surface area contributed by atoms with E-state index in [1.165, 1.54) is 0 Å². The summed E-state index contributed by atoms with van der Waals surface area (Å²) < 4.78 is 0. The van der Waals surface area contributed by atoms with Crippen molar-refractivity contribution in [2.75, 3.05) is 6.54 Å². The van der Waals surface area contributed by atoms with E-state index in [1.54, 1.807) is 20.8 Å². The van der Waals surface area contributed by atoms with E-state index in [-0.39, 0.29) is 24.3 Å². The lowest BCUT2D eigenvalue weighted by atomic mass is 9.96. The van der Waals surface area contributed by atoms with Gasteiger partial charge >= 0.3 is 5.97 Å². The van der Waals surface area contributed by atoms with E-state index >= 15 is 0 Å². The Kier molecular flexibility index (Phi) is 11.4. The van der Waals surface area contributed by atoms with Crippen LogP contribution in [0, 0.1) is 17.8 Å². The van der Waals surface area contributed by atoms with E-state index in [2.05, 4.69) is 16.0 Å². The van der Waals surface area contributed by atoms with Gasteiger partial charge in [-0.05, 0) is 24.2 Å². The third kappa shape index (κ3) is 9.16. The third-order valence-electron chi connectivity index (χ3n) is 4.53. The summed E-state index contributed by atoms with van der Waals surface area (Å²) in [4.78, 5) is 48.0. The Balaban J connectivity index is 4.91. The summed E-state index contributed by atoms with van der Waals surface area (Å²) in [6, 6.07) is -2.66. The molecule has 0 bridgehead atoms. The van der Waals surface area contributed by atoms with Crippen LogP contribution in [0.2, 0.25) is 0 Å². The molecule has 0 heterocycles. The molecule has 0 aliphatic heterocycles. The number of aliphatic carboxylic acids is 1. The molecule has 9 heteroatoms. The fraction of sp³-hybridized carbons (Fsp3) is 0.789. The molecule has 3 amide bonds. The number of hydrogen-bond acceptors (Lipinski definition) is 5. The van der Waals surface area contributed by atoms with Gasteiger partial charge in [-0.2, -0.15) is 0 Å². The summed E-state index contributed by atoms with van der Waals surface area (Å²) in [7, 11) is 0. The highest BCUT2D eigenvalue weighted by Crippen LogP contribution is 2.10. The summed E-state index contributed by atoms with van der Waals surface area (Å²) in [6.45, 7) is 10.6. The normalized spacial score (nSPS) is 15.5. The average molecular weight is 401 g/mol. The summed E-state index contributed by atoms with van der Waals surface area (Å²) >= 11 is 0. The van der Waals surface area contributed by atoms with Crippen LogP contribution in [0.5, 0.6) is 0 Å². The Bertz CT molecular complexity index is 550. The van der Waals surface area contributed by atoms with Crippen molar-refractivity contribution < 1.29 is 24.3 Å². The van der Waals surface area contributed by atoms with Crippen molar-refractivity contribution >= 4 is 23.7 Å². The van der Waals surface area contributed by atoms with Gasteiger partial charge in [0.25, 0.3) is 0 Å². The van der Waals surface area contributed by atoms with Gasteiger partial charge in [0, 0.05) is 0 Å². The van der Waals surface area contributed by atoms with Crippen molar-refractivity contribution in [3.63, 3.8) is 0 Å². The molecule has 0 fully saturated rings. The first-order valence-electron chi connectivity index (χ1n) is 9.76. The molecule has 0 radical (unpaired) electrons. The molecule has 0 aliphatic carbocycles. The van der Waals surface area contributed by atoms with Gasteiger partial charge in [-0.25, -0.2) is 4.79 Å². The molecular weight excluding hydrogens is 364 g/mol. The number of carbonyl (C=O) groups is 4. The molecule has 28 heavy (non-hydrogen) atoms. The number of amides is 3. The van der Waals surface area contributed by atoms with Crippen LogP contribution in [0.3, 0.4) is 0 Å². The van der Waals surface area contributed by atoms with Crippen LogP contribution in [-0.2, 0) is 19.2 Å². The van der Waals surface area contributed by atoms with Crippen LogP contribution in [0.1, 0.15) is 54.4 Å². The Morgan fingerprint density at radius 2 is 1.50 bits per heavy atom. The predicted molar refractivity (Wildman–Crippen MR) is 106 cm³/mol. The minimum Gasteiger partial charge on any atom is -0.480 e. The van der Waals surface area contributed by atoms with Crippen molar-refractivity contribution in [1.82, 2.24) is 16.0 Å². The standard InChI is InChI=1S/C19H36N4O5/c1-7-12(6)16(18(26)23-15(11(4)5)19(27)28)22-14(24)9-21-17(25)13(20)8-10(2)3/h10-13,15-16H,7-9,20H2,1-6H3,(H,21,25)(H,22,24)(H,23,26)(H,27,28). The molecule has 0 spiro atoms. The lowest BCUT2D eigenvalue weighted by Gasteiger charge is -2.26. The van der Waals surface area contributed by atoms with Gasteiger partial charge in [0.1, 0.15) is 12.1 Å². The number of nitrogens with two attached hydrogens (primary N) is 1. The zero-order chi connectivity index (χ0) is 22.0. The molecule has 0 aliphatic rings. The summed E-state index contributed by atoms with van der Waals surface area (Å²) in [6.07, 6.45) is 1.10. The number of carboxylic acid groups (broad SMARTS) is 1. The lowest BCUT2D eigenvalue weighted by molar-refractivity contribution is -0.143. The van der Waals surface area contributed by atoms with Crippen LogP contribution in [-0.4, -0.2) is 53.5 Å². The summed E-state index contributed by atoms with van der Waals surface area (Å²) in [5.41, 5.74) is 5.77. The Morgan fingerprint density at radius 3 is 1.93 bits per heavy atom. The Morgan fingerprint density at radius 1 is 0.929 bits per heavy atom. The van der Waals surface area contributed by atoms with Crippen LogP contribution in [0.15, 0.2) is 0 Å². The van der Waals surface area contributed by atoms with E-state index < -0.39 is 41.8 Å². The van der Waals surface area contributed by atoms with Gasteiger partial charge in [-0.1, -0.05) is 48.0 Å². The van der Waals surface area contributed by atoms with E-state index in [9.17, 15) is 24.3 Å². The quantitative estimate of drug-likeness (QED) is 0.316. The number of nitrogens with one attached hydrogen (secondary N) is 3. The monoisotopic (exact) mass is 400 g/mol. The number of rotatable bonds is 12. The molecule has 0 saturated heterocycles. The highest BCUT2D eigenvalue weighted by atomic mass is 16.4. The van der Waals surface area contributed by atoms with Gasteiger partial charge in [-0.15, -0.1) is 0 Å². The maximum absolute atomic E-state index is 12.6. The predicted octanol–water partition coefficient (Wildman–Crippen LogP) is 0.232. The first-order chi connectivity index (χ1) is 12.9. The van der Waals surface area contributed by atoms with Crippen LogP contribution >= 0.6 is 0 Å². The van der Waals surface area contributed by atoms with E-state index in [1.807, 2.05) is 20.8 Å². The van der Waals surface area contributed by atoms with Crippen molar-refractivity contribution in [3.8, 4) is 0 Å². The Labute approximate surface area is 167 Å². The molecular formula is C19H36N4O5. The zero-order valence-electron chi connectivity index (χ0n) is 17.7. The van der Waals surface area contributed by atoms with Crippen molar-refractivity contribution in [2.45, 2.75) is 72.5 Å². The second-order valence-corrected chi connectivity index (χ2v) is 7.95. The van der Waals surface area contributed by atoms with E-state index in [0.29, 0.717) is 12.8 Å². The van der Waals surface area contributed by atoms with Crippen LogP contribution < -0.4 is 21.7 Å². The molecule has 4 atom stereocenters. The number of carbonyl (C=O) groups excluding carboxylic acids is 3. The highest BCUT2D eigenvalue weighted by molar-refractivity contribution is 5.92. The molecule has 0 aromatic rings. The Hall–Kier alpha value is -2.16. The second kappa shape index (κ2) is 12.3. The van der Waals surface area contributed by atoms with Crippen LogP contribution in [0.25, 0.3) is 0 Å². The minimum absolute atomic E-state index is 0.218. The van der Waals surface area contributed by atoms with Gasteiger partial charge in [0.05, 0.1) is 12.6 Å². The van der Waals surface area contributed by atoms with Gasteiger partial charge < -0.3 is 26.8 Å². The first kappa shape index (κ1) is 25.8. The average Bonchev–Trinajstić information content (AvgIpc) is 2.59. The molecule has 9 nitrogen and oxygen atoms in total. The smallest absolute Gasteiger partial charge is 0.326 e. The lowest BCUT2D eigenvalue weighted by Crippen LogP contribution is -2.56. The van der Waals surface area contributed by atoms with E-state index in [0.717, 1.165) is 0 Å². The molecule has 0 aromatic heterocycles. The largest absolute Gasteiger partial charge is 0.480 e. The maximum atomic E-state index is 12.6. The van der Waals surface area contributed by atoms with Gasteiger partial charge in [0.15, 0.2) is 0 Å². The molecule has 0 aromatic carbocycles. The maximum Gasteiger partial charge on any atom is 0.326 e. The second-order valence-electron chi connectivity index (χ2n) is 7.95. The summed E-state index contributed by atoms with van der Waals surface area (Å²) in [5, 5.41) is 16.8. The molecule has 6 N–H and O–H groups in total. The fourth-order valence-corrected chi connectivity index (χ4v) is 2.60. The fourth-order valence-electron chi connectivity index (χ4n) is 2.60. The zero-order valence-corrected chi connectivity index (χ0v) is 17.7. The molecule has 4 unspecified atom stereocenters. The van der Waals surface area contributed by atoms with Crippen molar-refractivity contribution in [2.24, 2.45) is 23.5 Å². The third-order valence-corrected chi connectivity index (χ3v) is 4.53. The SMILES string of the molecule is CCC(C)C(NC(=O)CNC(=O)C(N)CC(C)C)C(=O)NC(C(=O)O)C(C)C. The molecule has 0 saturated carbocycles. The molecule has 162 valence electrons. The van der Waals surface area contributed by atoms with Gasteiger partial charge in [0.2, 0.25) is 17.7 Å². The minimum atomic E-state index is -1.14. The van der Waals surface area contributed by atoms with Crippen molar-refractivity contribution in [1.29, 1.82) is 0 Å². The van der Waals surface area contributed by atoms with Crippen LogP contribution in [0.4, 0.5) is 0 Å². The molecule has 0 rings (SSSR count). The topological polar surface area (TPSA) is 151 Å². The van der Waals surface area contributed by atoms with Crippen molar-refractivity contribution in [3.05, 3.63) is 0 Å². The first-order valence-corrected chi connectivity index (χ1v) is 9.76. The van der Waals surface area contributed by atoms with E-state index in [4.69, 9.17) is 5.73 Å².